The Kier molecular flexibility index (Phi) is 2.39. The van der Waals surface area contributed by atoms with Gasteiger partial charge >= 0.3 is 0 Å². The SMILES string of the molecule is CC1=CC2Cc3[nH]c(=O)ccc3C3(C1)C2C(C)CN3C. The molecule has 0 radical (unpaired) electrons. The summed E-state index contributed by atoms with van der Waals surface area (Å²) in [4.78, 5) is 17.3. The maximum atomic E-state index is 11.7. The zero-order valence-electron chi connectivity index (χ0n) is 12.4. The highest BCUT2D eigenvalue weighted by Crippen LogP contribution is 2.58. The summed E-state index contributed by atoms with van der Waals surface area (Å²) in [7, 11) is 2.26. The van der Waals surface area contributed by atoms with Gasteiger partial charge in [0.15, 0.2) is 0 Å². The number of allylic oxidation sites excluding steroid dienone is 1. The summed E-state index contributed by atoms with van der Waals surface area (Å²) in [6.07, 6.45) is 4.56. The Bertz CT molecular complexity index is 659. The first kappa shape index (κ1) is 12.4. The number of likely N-dealkylation sites (tertiary alicyclic amines) is 1. The summed E-state index contributed by atoms with van der Waals surface area (Å²) in [5.74, 6) is 1.98. The fraction of sp³-hybridized carbons (Fsp3) is 0.588. The van der Waals surface area contributed by atoms with Crippen LogP contribution >= 0.6 is 0 Å². The van der Waals surface area contributed by atoms with E-state index < -0.39 is 0 Å². The van der Waals surface area contributed by atoms with E-state index in [1.54, 1.807) is 6.07 Å². The third-order valence-corrected chi connectivity index (χ3v) is 5.82. The Morgan fingerprint density at radius 2 is 2.20 bits per heavy atom. The van der Waals surface area contributed by atoms with E-state index in [0.29, 0.717) is 11.8 Å². The number of pyridine rings is 1. The number of hydrogen-bond acceptors (Lipinski definition) is 2. The van der Waals surface area contributed by atoms with Crippen molar-refractivity contribution in [2.75, 3.05) is 13.6 Å². The van der Waals surface area contributed by atoms with E-state index in [4.69, 9.17) is 0 Å². The highest BCUT2D eigenvalue weighted by molar-refractivity contribution is 5.41. The van der Waals surface area contributed by atoms with Crippen LogP contribution in [0.4, 0.5) is 0 Å². The molecule has 0 aromatic carbocycles. The molecule has 0 saturated carbocycles. The van der Waals surface area contributed by atoms with Crippen molar-refractivity contribution >= 4 is 0 Å². The minimum Gasteiger partial charge on any atom is -0.326 e. The van der Waals surface area contributed by atoms with Crippen LogP contribution in [0.2, 0.25) is 0 Å². The smallest absolute Gasteiger partial charge is 0.248 e. The lowest BCUT2D eigenvalue weighted by molar-refractivity contribution is 0.0724. The van der Waals surface area contributed by atoms with Gasteiger partial charge < -0.3 is 4.98 Å². The predicted octanol–water partition coefficient (Wildman–Crippen LogP) is 2.29. The zero-order valence-corrected chi connectivity index (χ0v) is 12.4. The van der Waals surface area contributed by atoms with Crippen LogP contribution < -0.4 is 5.56 Å². The molecule has 106 valence electrons. The van der Waals surface area contributed by atoms with E-state index >= 15 is 0 Å². The van der Waals surface area contributed by atoms with Crippen LogP contribution in [0.5, 0.6) is 0 Å². The average molecular weight is 270 g/mol. The maximum Gasteiger partial charge on any atom is 0.248 e. The van der Waals surface area contributed by atoms with Crippen LogP contribution in [0, 0.1) is 17.8 Å². The summed E-state index contributed by atoms with van der Waals surface area (Å²) in [6.45, 7) is 5.81. The Hall–Kier alpha value is -1.35. The fourth-order valence-corrected chi connectivity index (χ4v) is 5.40. The van der Waals surface area contributed by atoms with Gasteiger partial charge in [-0.1, -0.05) is 18.6 Å². The summed E-state index contributed by atoms with van der Waals surface area (Å²) in [5, 5.41) is 0. The number of H-pyrrole nitrogens is 1. The van der Waals surface area contributed by atoms with Crippen molar-refractivity contribution in [1.82, 2.24) is 9.88 Å². The Morgan fingerprint density at radius 1 is 1.40 bits per heavy atom. The van der Waals surface area contributed by atoms with Gasteiger partial charge in [-0.2, -0.15) is 0 Å². The second kappa shape index (κ2) is 3.85. The maximum absolute atomic E-state index is 11.7. The van der Waals surface area contributed by atoms with Crippen LogP contribution in [0.25, 0.3) is 0 Å². The molecule has 20 heavy (non-hydrogen) atoms. The van der Waals surface area contributed by atoms with Crippen LogP contribution in [-0.2, 0) is 12.0 Å². The van der Waals surface area contributed by atoms with E-state index in [9.17, 15) is 4.79 Å². The molecule has 3 nitrogen and oxygen atoms in total. The number of nitrogens with zero attached hydrogens (tertiary/aromatic N) is 1. The Morgan fingerprint density at radius 3 is 3.00 bits per heavy atom. The minimum absolute atomic E-state index is 0.0334. The lowest BCUT2D eigenvalue weighted by atomic mass is 9.58. The molecule has 3 aliphatic rings. The number of rotatable bonds is 0. The van der Waals surface area contributed by atoms with Crippen molar-refractivity contribution in [3.05, 3.63) is 45.4 Å². The van der Waals surface area contributed by atoms with E-state index in [0.717, 1.165) is 25.3 Å². The van der Waals surface area contributed by atoms with E-state index in [1.165, 1.54) is 16.8 Å². The van der Waals surface area contributed by atoms with E-state index in [-0.39, 0.29) is 11.1 Å². The van der Waals surface area contributed by atoms with Crippen LogP contribution in [0.1, 0.15) is 31.5 Å². The summed E-state index contributed by atoms with van der Waals surface area (Å²) in [5.41, 5.74) is 4.19. The second-order valence-corrected chi connectivity index (χ2v) is 7.08. The number of aromatic nitrogens is 1. The van der Waals surface area contributed by atoms with Gasteiger partial charge in [0, 0.05) is 18.3 Å². The quantitative estimate of drug-likeness (QED) is 0.734. The molecule has 4 unspecified atom stereocenters. The normalized spacial score (nSPS) is 39.1. The van der Waals surface area contributed by atoms with Gasteiger partial charge in [-0.05, 0) is 56.2 Å². The molecule has 1 aromatic heterocycles. The molecular weight excluding hydrogens is 248 g/mol. The van der Waals surface area contributed by atoms with Gasteiger partial charge in [-0.15, -0.1) is 0 Å². The third kappa shape index (κ3) is 1.37. The van der Waals surface area contributed by atoms with Crippen molar-refractivity contribution < 1.29 is 0 Å². The first-order chi connectivity index (χ1) is 9.52. The molecule has 1 fully saturated rings. The van der Waals surface area contributed by atoms with Gasteiger partial charge in [-0.25, -0.2) is 0 Å². The van der Waals surface area contributed by atoms with Crippen molar-refractivity contribution in [2.45, 2.75) is 32.2 Å². The van der Waals surface area contributed by atoms with Crippen LogP contribution in [0.15, 0.2) is 28.6 Å². The molecule has 1 aromatic rings. The van der Waals surface area contributed by atoms with Gasteiger partial charge in [0.05, 0.1) is 5.54 Å². The van der Waals surface area contributed by atoms with Crippen molar-refractivity contribution in [1.29, 1.82) is 0 Å². The molecule has 2 bridgehead atoms. The topological polar surface area (TPSA) is 36.1 Å². The average Bonchev–Trinajstić information content (AvgIpc) is 2.61. The van der Waals surface area contributed by atoms with Crippen molar-refractivity contribution in [3.8, 4) is 0 Å². The second-order valence-electron chi connectivity index (χ2n) is 7.08. The monoisotopic (exact) mass is 270 g/mol. The lowest BCUT2D eigenvalue weighted by Crippen LogP contribution is -2.52. The largest absolute Gasteiger partial charge is 0.326 e. The van der Waals surface area contributed by atoms with Gasteiger partial charge in [0.25, 0.3) is 0 Å². The summed E-state index contributed by atoms with van der Waals surface area (Å²) in [6, 6.07) is 3.79. The molecule has 4 atom stereocenters. The summed E-state index contributed by atoms with van der Waals surface area (Å²) >= 11 is 0. The molecule has 0 amide bonds. The lowest BCUT2D eigenvalue weighted by Gasteiger charge is -2.51. The number of fused-ring (bicyclic) bond motifs is 1. The van der Waals surface area contributed by atoms with Crippen molar-refractivity contribution in [2.24, 2.45) is 17.8 Å². The van der Waals surface area contributed by atoms with Crippen LogP contribution in [-0.4, -0.2) is 23.5 Å². The molecule has 3 heteroatoms. The fourth-order valence-electron chi connectivity index (χ4n) is 5.40. The zero-order chi connectivity index (χ0) is 14.1. The number of hydrogen-bond donors (Lipinski definition) is 1. The van der Waals surface area contributed by atoms with Gasteiger partial charge in [0.2, 0.25) is 5.56 Å². The first-order valence-electron chi connectivity index (χ1n) is 7.63. The van der Waals surface area contributed by atoms with Gasteiger partial charge in [0.1, 0.15) is 0 Å². The molecule has 1 aliphatic heterocycles. The molecule has 1 saturated heterocycles. The van der Waals surface area contributed by atoms with E-state index in [2.05, 4.69) is 42.9 Å². The molecule has 2 aliphatic carbocycles. The predicted molar refractivity (Wildman–Crippen MR) is 79.6 cm³/mol. The molecule has 0 spiro atoms. The standard InChI is InChI=1S/C17H22N2O/c1-10-6-12-7-14-13(4-5-15(20)18-14)17(8-10)16(12)11(2)9-19(17)3/h4-6,11-12,16H,7-9H2,1-3H3,(H,18,20). The highest BCUT2D eigenvalue weighted by Gasteiger charge is 2.58. The molecule has 4 rings (SSSR count). The van der Waals surface area contributed by atoms with E-state index in [1.807, 2.05) is 0 Å². The molecular formula is C17H22N2O. The Labute approximate surface area is 119 Å². The molecule has 2 heterocycles. The Balaban J connectivity index is 2.01. The highest BCUT2D eigenvalue weighted by atomic mass is 16.1. The number of nitrogens with one attached hydrogen (secondary N) is 1. The summed E-state index contributed by atoms with van der Waals surface area (Å²) < 4.78 is 0. The van der Waals surface area contributed by atoms with Crippen molar-refractivity contribution in [3.63, 3.8) is 0 Å². The third-order valence-electron chi connectivity index (χ3n) is 5.82. The molecule has 1 N–H and O–H groups in total. The minimum atomic E-state index is 0.0334. The van der Waals surface area contributed by atoms with Crippen LogP contribution in [0.3, 0.4) is 0 Å². The first-order valence-corrected chi connectivity index (χ1v) is 7.63. The van der Waals surface area contributed by atoms with Gasteiger partial charge in [-0.3, -0.25) is 9.69 Å². The number of aromatic amines is 1.